The van der Waals surface area contributed by atoms with Gasteiger partial charge < -0.3 is 15.1 Å². The highest BCUT2D eigenvalue weighted by molar-refractivity contribution is 5.99. The Morgan fingerprint density at radius 3 is 2.50 bits per heavy atom. The molecule has 1 fully saturated rings. The lowest BCUT2D eigenvalue weighted by Crippen LogP contribution is -2.42. The van der Waals surface area contributed by atoms with Crippen molar-refractivity contribution in [3.05, 3.63) is 60.0 Å². The number of piperidine rings is 1. The summed E-state index contributed by atoms with van der Waals surface area (Å²) in [6, 6.07) is 13.7. The minimum Gasteiger partial charge on any atom is -0.460 e. The third kappa shape index (κ3) is 3.60. The summed E-state index contributed by atoms with van der Waals surface area (Å²) in [7, 11) is 0. The molecule has 2 aromatic heterocycles. The largest absolute Gasteiger partial charge is 0.460 e. The minimum absolute atomic E-state index is 0.00522. The van der Waals surface area contributed by atoms with E-state index in [0.717, 1.165) is 37.4 Å². The first-order valence-electron chi connectivity index (χ1n) is 9.79. The van der Waals surface area contributed by atoms with Gasteiger partial charge in [0.15, 0.2) is 5.76 Å². The van der Waals surface area contributed by atoms with Gasteiger partial charge in [0, 0.05) is 25.3 Å². The maximum absolute atomic E-state index is 13.3. The van der Waals surface area contributed by atoms with Gasteiger partial charge in [-0.1, -0.05) is 18.2 Å². The van der Waals surface area contributed by atoms with Crippen LogP contribution >= 0.6 is 0 Å². The number of hydrogen-bond acceptors (Lipinski definition) is 4. The van der Waals surface area contributed by atoms with Crippen LogP contribution < -0.4 is 5.73 Å². The summed E-state index contributed by atoms with van der Waals surface area (Å²) in [5, 5.41) is 4.68. The van der Waals surface area contributed by atoms with Crippen LogP contribution in [0.2, 0.25) is 0 Å². The van der Waals surface area contributed by atoms with Gasteiger partial charge in [-0.3, -0.25) is 4.79 Å². The van der Waals surface area contributed by atoms with E-state index in [1.165, 1.54) is 0 Å². The lowest BCUT2D eigenvalue weighted by molar-refractivity contribution is 0.0681. The van der Waals surface area contributed by atoms with Crippen molar-refractivity contribution in [2.45, 2.75) is 32.7 Å². The number of amides is 1. The smallest absolute Gasteiger partial charge is 0.257 e. The summed E-state index contributed by atoms with van der Waals surface area (Å²) < 4.78 is 7.53. The van der Waals surface area contributed by atoms with E-state index in [-0.39, 0.29) is 11.9 Å². The maximum atomic E-state index is 13.3. The normalized spacial score (nSPS) is 16.3. The first-order valence-corrected chi connectivity index (χ1v) is 9.79. The van der Waals surface area contributed by atoms with E-state index in [0.29, 0.717) is 22.9 Å². The average molecular weight is 378 g/mol. The molecule has 1 aromatic carbocycles. The molecular formula is C22H26N4O2. The molecule has 0 aliphatic carbocycles. The molecule has 1 atom stereocenters. The van der Waals surface area contributed by atoms with E-state index in [9.17, 15) is 4.79 Å². The lowest BCUT2D eigenvalue weighted by Gasteiger charge is -2.33. The second kappa shape index (κ2) is 7.64. The van der Waals surface area contributed by atoms with Crippen LogP contribution in [-0.2, 0) is 0 Å². The van der Waals surface area contributed by atoms with E-state index in [1.54, 1.807) is 4.68 Å². The van der Waals surface area contributed by atoms with Crippen molar-refractivity contribution in [2.75, 3.05) is 13.1 Å². The molecular weight excluding hydrogens is 352 g/mol. The summed E-state index contributed by atoms with van der Waals surface area (Å²) in [5.41, 5.74) is 8.09. The highest BCUT2D eigenvalue weighted by atomic mass is 16.3. The van der Waals surface area contributed by atoms with Gasteiger partial charge in [-0.05, 0) is 56.9 Å². The zero-order chi connectivity index (χ0) is 19.7. The second-order valence-electron chi connectivity index (χ2n) is 7.57. The first kappa shape index (κ1) is 18.5. The SMILES string of the molecule is Cc1ccc(-c2nn(-c3ccccc3)cc2C(=O)N2CCC(C(C)N)CC2)o1. The quantitative estimate of drug-likeness (QED) is 0.752. The van der Waals surface area contributed by atoms with Crippen LogP contribution in [0.15, 0.2) is 53.1 Å². The molecule has 2 N–H and O–H groups in total. The summed E-state index contributed by atoms with van der Waals surface area (Å²) in [5.74, 6) is 1.87. The number of aromatic nitrogens is 2. The fourth-order valence-corrected chi connectivity index (χ4v) is 3.79. The molecule has 0 saturated carbocycles. The molecule has 3 heterocycles. The number of nitrogens with zero attached hydrogens (tertiary/aromatic N) is 3. The molecule has 4 rings (SSSR count). The Labute approximate surface area is 164 Å². The van der Waals surface area contributed by atoms with Gasteiger partial charge in [0.1, 0.15) is 11.5 Å². The number of nitrogens with two attached hydrogens (primary N) is 1. The van der Waals surface area contributed by atoms with E-state index in [2.05, 4.69) is 5.10 Å². The minimum atomic E-state index is -0.00522. The van der Waals surface area contributed by atoms with Crippen molar-refractivity contribution in [1.29, 1.82) is 0 Å². The van der Waals surface area contributed by atoms with E-state index in [4.69, 9.17) is 10.2 Å². The third-order valence-electron chi connectivity index (χ3n) is 5.51. The number of hydrogen-bond donors (Lipinski definition) is 1. The molecule has 6 heteroatoms. The van der Waals surface area contributed by atoms with Crippen LogP contribution in [0.25, 0.3) is 17.1 Å². The Balaban J connectivity index is 1.67. The Hall–Kier alpha value is -2.86. The van der Waals surface area contributed by atoms with Crippen molar-refractivity contribution in [3.8, 4) is 17.1 Å². The molecule has 1 amide bonds. The number of likely N-dealkylation sites (tertiary alicyclic amines) is 1. The van der Waals surface area contributed by atoms with Gasteiger partial charge >= 0.3 is 0 Å². The standard InChI is InChI=1S/C22H26N4O2/c1-15-8-9-20(28-15)21-19(14-26(24-21)18-6-4-3-5-7-18)22(27)25-12-10-17(11-13-25)16(2)23/h3-9,14,16-17H,10-13,23H2,1-2H3. The van der Waals surface area contributed by atoms with E-state index < -0.39 is 0 Å². The van der Waals surface area contributed by atoms with Crippen LogP contribution in [-0.4, -0.2) is 39.7 Å². The molecule has 1 aliphatic rings. The van der Waals surface area contributed by atoms with Crippen molar-refractivity contribution in [1.82, 2.24) is 14.7 Å². The predicted octanol–water partition coefficient (Wildman–Crippen LogP) is 3.64. The van der Waals surface area contributed by atoms with Crippen molar-refractivity contribution >= 4 is 5.91 Å². The molecule has 28 heavy (non-hydrogen) atoms. The zero-order valence-electron chi connectivity index (χ0n) is 16.3. The molecule has 6 nitrogen and oxygen atoms in total. The van der Waals surface area contributed by atoms with Gasteiger partial charge in [-0.25, -0.2) is 4.68 Å². The fourth-order valence-electron chi connectivity index (χ4n) is 3.79. The number of aryl methyl sites for hydroxylation is 1. The molecule has 0 bridgehead atoms. The number of rotatable bonds is 4. The Morgan fingerprint density at radius 1 is 1.18 bits per heavy atom. The third-order valence-corrected chi connectivity index (χ3v) is 5.51. The van der Waals surface area contributed by atoms with Gasteiger partial charge in [-0.15, -0.1) is 0 Å². The Kier molecular flexibility index (Phi) is 5.05. The highest BCUT2D eigenvalue weighted by Gasteiger charge is 2.29. The molecule has 146 valence electrons. The number of carbonyl (C=O) groups excluding carboxylic acids is 1. The topological polar surface area (TPSA) is 77.3 Å². The maximum Gasteiger partial charge on any atom is 0.257 e. The lowest BCUT2D eigenvalue weighted by atomic mass is 9.90. The predicted molar refractivity (Wildman–Crippen MR) is 108 cm³/mol. The average Bonchev–Trinajstić information content (AvgIpc) is 3.34. The molecule has 0 radical (unpaired) electrons. The fraction of sp³-hybridized carbons (Fsp3) is 0.364. The van der Waals surface area contributed by atoms with E-state index >= 15 is 0 Å². The van der Waals surface area contributed by atoms with Crippen molar-refractivity contribution in [3.63, 3.8) is 0 Å². The molecule has 0 spiro atoms. The molecule has 1 aliphatic heterocycles. The summed E-state index contributed by atoms with van der Waals surface area (Å²) in [6.45, 7) is 5.37. The van der Waals surface area contributed by atoms with Crippen LogP contribution in [0.4, 0.5) is 0 Å². The van der Waals surface area contributed by atoms with Crippen molar-refractivity contribution in [2.24, 2.45) is 11.7 Å². The molecule has 1 unspecified atom stereocenters. The van der Waals surface area contributed by atoms with Crippen molar-refractivity contribution < 1.29 is 9.21 Å². The highest BCUT2D eigenvalue weighted by Crippen LogP contribution is 2.28. The number of furan rings is 1. The van der Waals surface area contributed by atoms with Gasteiger partial charge in [0.25, 0.3) is 5.91 Å². The molecule has 3 aromatic rings. The van der Waals surface area contributed by atoms with E-state index in [1.807, 2.05) is 67.4 Å². The summed E-state index contributed by atoms with van der Waals surface area (Å²) in [4.78, 5) is 15.2. The van der Waals surface area contributed by atoms with Gasteiger partial charge in [0.2, 0.25) is 0 Å². The Bertz CT molecular complexity index is 950. The van der Waals surface area contributed by atoms with Crippen LogP contribution in [0.3, 0.4) is 0 Å². The first-order chi connectivity index (χ1) is 13.5. The van der Waals surface area contributed by atoms with Gasteiger partial charge in [0.05, 0.1) is 11.3 Å². The van der Waals surface area contributed by atoms with Crippen LogP contribution in [0.5, 0.6) is 0 Å². The Morgan fingerprint density at radius 2 is 1.89 bits per heavy atom. The second-order valence-corrected chi connectivity index (χ2v) is 7.57. The number of para-hydroxylation sites is 1. The van der Waals surface area contributed by atoms with Gasteiger partial charge in [-0.2, -0.15) is 5.10 Å². The summed E-state index contributed by atoms with van der Waals surface area (Å²) in [6.07, 6.45) is 3.68. The molecule has 1 saturated heterocycles. The van der Waals surface area contributed by atoms with Crippen LogP contribution in [0.1, 0.15) is 35.9 Å². The number of carbonyl (C=O) groups is 1. The summed E-state index contributed by atoms with van der Waals surface area (Å²) >= 11 is 0. The van der Waals surface area contributed by atoms with Crippen LogP contribution in [0, 0.1) is 12.8 Å². The number of benzene rings is 1. The zero-order valence-corrected chi connectivity index (χ0v) is 16.3. The monoisotopic (exact) mass is 378 g/mol.